The molecule has 0 aromatic carbocycles. The van der Waals surface area contributed by atoms with Gasteiger partial charge >= 0.3 is 0 Å². The van der Waals surface area contributed by atoms with Crippen LogP contribution in [-0.4, -0.2) is 43.4 Å². The fraction of sp³-hybridized carbons (Fsp3) is 0.615. The van der Waals surface area contributed by atoms with Crippen molar-refractivity contribution in [1.29, 1.82) is 0 Å². The molecular formula is C13H20N2O2. The van der Waals surface area contributed by atoms with Gasteiger partial charge in [-0.05, 0) is 38.6 Å². The molecule has 0 amide bonds. The summed E-state index contributed by atoms with van der Waals surface area (Å²) in [4.78, 5) is 13.9. The Morgan fingerprint density at radius 2 is 2.47 bits per heavy atom. The fourth-order valence-corrected chi connectivity index (χ4v) is 2.28. The summed E-state index contributed by atoms with van der Waals surface area (Å²) in [5.41, 5.74) is 0. The Morgan fingerprint density at radius 3 is 3.12 bits per heavy atom. The molecule has 0 radical (unpaired) electrons. The fourth-order valence-electron chi connectivity index (χ4n) is 2.28. The van der Waals surface area contributed by atoms with Gasteiger partial charge in [0.05, 0.1) is 12.8 Å². The average molecular weight is 236 g/mol. The van der Waals surface area contributed by atoms with E-state index in [2.05, 4.69) is 10.2 Å². The van der Waals surface area contributed by atoms with E-state index in [4.69, 9.17) is 4.42 Å². The van der Waals surface area contributed by atoms with E-state index in [9.17, 15) is 4.79 Å². The minimum atomic E-state index is 0.0494. The Bertz CT molecular complexity index is 342. The molecule has 1 unspecified atom stereocenters. The second-order valence-corrected chi connectivity index (χ2v) is 4.74. The van der Waals surface area contributed by atoms with Crippen LogP contribution in [0.5, 0.6) is 0 Å². The topological polar surface area (TPSA) is 45.5 Å². The summed E-state index contributed by atoms with van der Waals surface area (Å²) in [6.45, 7) is 2.45. The van der Waals surface area contributed by atoms with E-state index in [0.717, 1.165) is 13.1 Å². The van der Waals surface area contributed by atoms with Crippen LogP contribution in [0.2, 0.25) is 0 Å². The van der Waals surface area contributed by atoms with Gasteiger partial charge in [0.25, 0.3) is 0 Å². The van der Waals surface area contributed by atoms with Crippen molar-refractivity contribution < 1.29 is 9.21 Å². The molecular weight excluding hydrogens is 216 g/mol. The molecule has 4 heteroatoms. The van der Waals surface area contributed by atoms with Gasteiger partial charge in [0.15, 0.2) is 5.76 Å². The van der Waals surface area contributed by atoms with E-state index in [-0.39, 0.29) is 5.78 Å². The first-order valence-electron chi connectivity index (χ1n) is 6.24. The number of carbonyl (C=O) groups excluding carboxylic acids is 1. The van der Waals surface area contributed by atoms with Crippen molar-refractivity contribution in [1.82, 2.24) is 10.2 Å². The van der Waals surface area contributed by atoms with Gasteiger partial charge in [0.1, 0.15) is 0 Å². The molecule has 1 aromatic rings. The van der Waals surface area contributed by atoms with Crippen LogP contribution in [0.25, 0.3) is 0 Å². The van der Waals surface area contributed by atoms with Gasteiger partial charge in [0.2, 0.25) is 5.78 Å². The van der Waals surface area contributed by atoms with E-state index < -0.39 is 0 Å². The maximum Gasteiger partial charge on any atom is 0.211 e. The highest BCUT2D eigenvalue weighted by atomic mass is 16.3. The van der Waals surface area contributed by atoms with Crippen LogP contribution < -0.4 is 5.32 Å². The highest BCUT2D eigenvalue weighted by Gasteiger charge is 2.17. The molecule has 2 heterocycles. The van der Waals surface area contributed by atoms with Crippen LogP contribution in [0, 0.1) is 0 Å². The summed E-state index contributed by atoms with van der Waals surface area (Å²) < 4.78 is 5.09. The van der Waals surface area contributed by atoms with Crippen LogP contribution in [-0.2, 0) is 0 Å². The molecule has 0 spiro atoms. The largest absolute Gasteiger partial charge is 0.461 e. The van der Waals surface area contributed by atoms with Gasteiger partial charge in [-0.2, -0.15) is 0 Å². The molecule has 94 valence electrons. The van der Waals surface area contributed by atoms with Crippen LogP contribution in [0.4, 0.5) is 0 Å². The van der Waals surface area contributed by atoms with Crippen LogP contribution in [0.1, 0.15) is 29.8 Å². The number of likely N-dealkylation sites (N-methyl/N-ethyl adjacent to an activating group) is 1. The second-order valence-electron chi connectivity index (χ2n) is 4.74. The van der Waals surface area contributed by atoms with Gasteiger partial charge in [-0.3, -0.25) is 9.69 Å². The summed E-state index contributed by atoms with van der Waals surface area (Å²) in [6, 6.07) is 3.99. The van der Waals surface area contributed by atoms with Gasteiger partial charge in [-0.1, -0.05) is 6.42 Å². The van der Waals surface area contributed by atoms with E-state index >= 15 is 0 Å². The van der Waals surface area contributed by atoms with Crippen LogP contribution in [0.15, 0.2) is 22.8 Å². The normalized spacial score (nSPS) is 20.7. The molecule has 0 bridgehead atoms. The van der Waals surface area contributed by atoms with Crippen molar-refractivity contribution in [3.05, 3.63) is 24.2 Å². The third-order valence-corrected chi connectivity index (χ3v) is 3.15. The van der Waals surface area contributed by atoms with Crippen molar-refractivity contribution in [3.63, 3.8) is 0 Å². The Kier molecular flexibility index (Phi) is 4.34. The lowest BCUT2D eigenvalue weighted by Crippen LogP contribution is -2.43. The monoisotopic (exact) mass is 236 g/mol. The third kappa shape index (κ3) is 3.68. The average Bonchev–Trinajstić information content (AvgIpc) is 2.83. The zero-order chi connectivity index (χ0) is 12.1. The minimum Gasteiger partial charge on any atom is -0.461 e. The second kappa shape index (κ2) is 5.98. The summed E-state index contributed by atoms with van der Waals surface area (Å²) >= 11 is 0. The Morgan fingerprint density at radius 1 is 1.59 bits per heavy atom. The van der Waals surface area contributed by atoms with Crippen molar-refractivity contribution in [2.24, 2.45) is 0 Å². The van der Waals surface area contributed by atoms with E-state index in [0.29, 0.717) is 18.3 Å². The maximum absolute atomic E-state index is 11.8. The maximum atomic E-state index is 11.8. The van der Waals surface area contributed by atoms with Gasteiger partial charge in [0, 0.05) is 12.6 Å². The quantitative estimate of drug-likeness (QED) is 0.788. The van der Waals surface area contributed by atoms with Crippen molar-refractivity contribution in [3.8, 4) is 0 Å². The number of nitrogens with one attached hydrogen (secondary N) is 1. The number of Topliss-reactive ketones (excluding diaryl/α,β-unsaturated/α-hetero) is 1. The summed E-state index contributed by atoms with van der Waals surface area (Å²) in [5, 5.41) is 3.48. The lowest BCUT2D eigenvalue weighted by atomic mass is 10.0. The molecule has 17 heavy (non-hydrogen) atoms. The summed E-state index contributed by atoms with van der Waals surface area (Å²) in [6.07, 6.45) is 5.30. The molecule has 1 atom stereocenters. The number of furan rings is 1. The molecule has 0 aliphatic carbocycles. The predicted molar refractivity (Wildman–Crippen MR) is 66.2 cm³/mol. The molecule has 1 fully saturated rings. The third-order valence-electron chi connectivity index (χ3n) is 3.15. The molecule has 1 aromatic heterocycles. The molecule has 1 aliphatic rings. The standard InChI is InChI=1S/C13H20N2O2/c1-15(9-11-5-2-3-7-14-11)10-12(16)13-6-4-8-17-13/h4,6,8,11,14H,2-3,5,7,9-10H2,1H3. The number of rotatable bonds is 5. The Balaban J connectivity index is 1.76. The lowest BCUT2D eigenvalue weighted by molar-refractivity contribution is 0.0911. The molecule has 4 nitrogen and oxygen atoms in total. The number of hydrogen-bond donors (Lipinski definition) is 1. The number of piperidine rings is 1. The van der Waals surface area contributed by atoms with Crippen molar-refractivity contribution in [2.75, 3.05) is 26.7 Å². The smallest absolute Gasteiger partial charge is 0.211 e. The molecule has 1 N–H and O–H groups in total. The van der Waals surface area contributed by atoms with Gasteiger partial charge in [-0.15, -0.1) is 0 Å². The zero-order valence-electron chi connectivity index (χ0n) is 10.3. The SMILES string of the molecule is CN(CC(=O)c1ccco1)CC1CCCCN1. The van der Waals surface area contributed by atoms with Crippen LogP contribution in [0.3, 0.4) is 0 Å². The Labute approximate surface area is 102 Å². The van der Waals surface area contributed by atoms with E-state index in [1.807, 2.05) is 7.05 Å². The predicted octanol–water partition coefficient (Wildman–Crippen LogP) is 1.54. The highest BCUT2D eigenvalue weighted by Crippen LogP contribution is 2.08. The van der Waals surface area contributed by atoms with E-state index in [1.165, 1.54) is 25.5 Å². The molecule has 1 aliphatic heterocycles. The number of ketones is 1. The summed E-state index contributed by atoms with van der Waals surface area (Å²) in [5.74, 6) is 0.502. The lowest BCUT2D eigenvalue weighted by Gasteiger charge is -2.27. The van der Waals surface area contributed by atoms with E-state index in [1.54, 1.807) is 12.1 Å². The molecule has 2 rings (SSSR count). The molecule has 1 saturated heterocycles. The summed E-state index contributed by atoms with van der Waals surface area (Å²) in [7, 11) is 1.98. The number of carbonyl (C=O) groups is 1. The Hall–Kier alpha value is -1.13. The number of nitrogens with zero attached hydrogens (tertiary/aromatic N) is 1. The minimum absolute atomic E-state index is 0.0494. The van der Waals surface area contributed by atoms with Crippen LogP contribution >= 0.6 is 0 Å². The molecule has 0 saturated carbocycles. The first-order chi connectivity index (χ1) is 8.25. The first kappa shape index (κ1) is 12.3. The van der Waals surface area contributed by atoms with Gasteiger partial charge in [-0.25, -0.2) is 0 Å². The first-order valence-corrected chi connectivity index (χ1v) is 6.24. The van der Waals surface area contributed by atoms with Crippen molar-refractivity contribution in [2.45, 2.75) is 25.3 Å². The number of hydrogen-bond acceptors (Lipinski definition) is 4. The highest BCUT2D eigenvalue weighted by molar-refractivity contribution is 5.94. The van der Waals surface area contributed by atoms with Crippen molar-refractivity contribution >= 4 is 5.78 Å². The van der Waals surface area contributed by atoms with Gasteiger partial charge < -0.3 is 9.73 Å². The zero-order valence-corrected chi connectivity index (χ0v) is 10.3.